The lowest BCUT2D eigenvalue weighted by atomic mass is 10.0. The quantitative estimate of drug-likeness (QED) is 0.441. The van der Waals surface area contributed by atoms with E-state index in [0.29, 0.717) is 29.9 Å². The summed E-state index contributed by atoms with van der Waals surface area (Å²) in [5.74, 6) is 1.41. The van der Waals surface area contributed by atoms with Crippen LogP contribution in [0.3, 0.4) is 0 Å². The molecular formula is C23H29NO3Si. The summed E-state index contributed by atoms with van der Waals surface area (Å²) in [6, 6.07) is 14.9. The van der Waals surface area contributed by atoms with Crippen LogP contribution in [0.2, 0.25) is 18.1 Å². The minimum Gasteiger partial charge on any atom is -0.543 e. The van der Waals surface area contributed by atoms with Crippen LogP contribution in [0.1, 0.15) is 49.2 Å². The van der Waals surface area contributed by atoms with Crippen molar-refractivity contribution in [1.29, 1.82) is 5.26 Å². The molecular weight excluding hydrogens is 366 g/mol. The molecule has 0 N–H and O–H groups in total. The molecule has 2 rings (SSSR count). The molecule has 0 aromatic heterocycles. The molecule has 0 unspecified atom stereocenters. The lowest BCUT2D eigenvalue weighted by Crippen LogP contribution is -2.44. The molecule has 148 valence electrons. The van der Waals surface area contributed by atoms with Gasteiger partial charge < -0.3 is 9.16 Å². The van der Waals surface area contributed by atoms with E-state index in [0.717, 1.165) is 11.3 Å². The van der Waals surface area contributed by atoms with Gasteiger partial charge in [-0.2, -0.15) is 5.26 Å². The fraction of sp³-hybridized carbons (Fsp3) is 0.391. The second-order valence-corrected chi connectivity index (χ2v) is 13.2. The zero-order valence-corrected chi connectivity index (χ0v) is 18.6. The first-order valence-electron chi connectivity index (χ1n) is 9.49. The van der Waals surface area contributed by atoms with Crippen molar-refractivity contribution in [3.8, 4) is 17.6 Å². The zero-order valence-electron chi connectivity index (χ0n) is 17.6. The van der Waals surface area contributed by atoms with Crippen LogP contribution in [-0.4, -0.2) is 20.7 Å². The van der Waals surface area contributed by atoms with Crippen molar-refractivity contribution >= 4 is 14.1 Å². The van der Waals surface area contributed by atoms with Gasteiger partial charge in [0.25, 0.3) is 8.32 Å². The van der Waals surface area contributed by atoms with Gasteiger partial charge in [-0.05, 0) is 67.0 Å². The molecule has 0 bridgehead atoms. The van der Waals surface area contributed by atoms with Crippen molar-refractivity contribution in [2.75, 3.05) is 6.61 Å². The molecule has 0 radical (unpaired) electrons. The van der Waals surface area contributed by atoms with Crippen molar-refractivity contribution in [2.45, 2.75) is 52.2 Å². The Morgan fingerprint density at radius 2 is 1.75 bits per heavy atom. The summed E-state index contributed by atoms with van der Waals surface area (Å²) in [4.78, 5) is 12.2. The van der Waals surface area contributed by atoms with E-state index in [1.807, 2.05) is 18.2 Å². The number of carbonyl (C=O) groups excluding carboxylic acids is 1. The monoisotopic (exact) mass is 395 g/mol. The minimum atomic E-state index is -2.02. The number of nitriles is 1. The second kappa shape index (κ2) is 8.62. The Hall–Kier alpha value is -2.58. The molecule has 0 atom stereocenters. The Balaban J connectivity index is 2.09. The van der Waals surface area contributed by atoms with E-state index >= 15 is 0 Å². The molecule has 0 amide bonds. The molecule has 0 saturated carbocycles. The highest BCUT2D eigenvalue weighted by atomic mass is 28.4. The lowest BCUT2D eigenvalue weighted by Gasteiger charge is -2.37. The van der Waals surface area contributed by atoms with E-state index < -0.39 is 8.32 Å². The maximum absolute atomic E-state index is 12.2. The number of ether oxygens (including phenoxy) is 1. The summed E-state index contributed by atoms with van der Waals surface area (Å²) in [5, 5.41) is 8.90. The van der Waals surface area contributed by atoms with Crippen LogP contribution in [0.15, 0.2) is 42.5 Å². The van der Waals surface area contributed by atoms with E-state index in [9.17, 15) is 4.79 Å². The zero-order chi connectivity index (χ0) is 20.9. The smallest absolute Gasteiger partial charge is 0.250 e. The summed E-state index contributed by atoms with van der Waals surface area (Å²) < 4.78 is 12.1. The fourth-order valence-corrected chi connectivity index (χ4v) is 3.47. The molecule has 0 aliphatic heterocycles. The summed E-state index contributed by atoms with van der Waals surface area (Å²) in [7, 11) is -2.02. The predicted molar refractivity (Wildman–Crippen MR) is 115 cm³/mol. The number of Topliss-reactive ketones (excluding diaryl/α,β-unsaturated/α-hetero) is 1. The maximum Gasteiger partial charge on any atom is 0.250 e. The molecule has 0 heterocycles. The number of ketones is 1. The van der Waals surface area contributed by atoms with Crippen LogP contribution < -0.4 is 9.16 Å². The molecule has 0 aliphatic rings. The Morgan fingerprint density at radius 1 is 1.11 bits per heavy atom. The van der Waals surface area contributed by atoms with E-state index in [-0.39, 0.29) is 10.8 Å². The van der Waals surface area contributed by atoms with Crippen LogP contribution in [0.5, 0.6) is 11.5 Å². The SMILES string of the molecule is CC(=O)c1cc(CCOc2ccc(C#N)cc2)ccc1O[Si](C)(C)C(C)(C)C. The predicted octanol–water partition coefficient (Wildman–Crippen LogP) is 5.77. The lowest BCUT2D eigenvalue weighted by molar-refractivity contribution is 0.101. The van der Waals surface area contributed by atoms with Crippen LogP contribution in [0.4, 0.5) is 0 Å². The van der Waals surface area contributed by atoms with Gasteiger partial charge in [-0.3, -0.25) is 4.79 Å². The Morgan fingerprint density at radius 3 is 2.29 bits per heavy atom. The number of hydrogen-bond donors (Lipinski definition) is 0. The summed E-state index contributed by atoms with van der Waals surface area (Å²) in [6.45, 7) is 13.0. The third-order valence-electron chi connectivity index (χ3n) is 5.24. The molecule has 0 fully saturated rings. The number of rotatable bonds is 7. The molecule has 5 heteroatoms. The minimum absolute atomic E-state index is 0.00331. The molecule has 0 aliphatic carbocycles. The van der Waals surface area contributed by atoms with Gasteiger partial charge >= 0.3 is 0 Å². The highest BCUT2D eigenvalue weighted by Gasteiger charge is 2.39. The van der Waals surface area contributed by atoms with Crippen molar-refractivity contribution in [3.05, 3.63) is 59.2 Å². The van der Waals surface area contributed by atoms with Gasteiger partial charge in [-0.1, -0.05) is 26.8 Å². The van der Waals surface area contributed by atoms with Crippen LogP contribution >= 0.6 is 0 Å². The fourth-order valence-electron chi connectivity index (χ4n) is 2.44. The topological polar surface area (TPSA) is 59.3 Å². The number of benzene rings is 2. The maximum atomic E-state index is 12.2. The number of hydrogen-bond acceptors (Lipinski definition) is 4. The first-order valence-corrected chi connectivity index (χ1v) is 12.4. The first-order chi connectivity index (χ1) is 13.0. The van der Waals surface area contributed by atoms with E-state index in [1.54, 1.807) is 31.2 Å². The molecule has 2 aromatic rings. The van der Waals surface area contributed by atoms with Gasteiger partial charge in [0.15, 0.2) is 5.78 Å². The van der Waals surface area contributed by atoms with E-state index in [2.05, 4.69) is 39.9 Å². The van der Waals surface area contributed by atoms with Crippen LogP contribution in [0.25, 0.3) is 0 Å². The van der Waals surface area contributed by atoms with Gasteiger partial charge in [-0.15, -0.1) is 0 Å². The average Bonchev–Trinajstić information content (AvgIpc) is 2.62. The first kappa shape index (κ1) is 21.7. The third-order valence-corrected chi connectivity index (χ3v) is 9.58. The Bertz CT molecular complexity index is 874. The summed E-state index contributed by atoms with van der Waals surface area (Å²) in [6.07, 6.45) is 0.681. The molecule has 2 aromatic carbocycles. The normalized spacial score (nSPS) is 11.6. The van der Waals surface area contributed by atoms with Crippen LogP contribution in [0, 0.1) is 11.3 Å². The molecule has 4 nitrogen and oxygen atoms in total. The molecule has 0 saturated heterocycles. The van der Waals surface area contributed by atoms with Gasteiger partial charge in [0.05, 0.1) is 23.8 Å². The Labute approximate surface area is 169 Å². The van der Waals surface area contributed by atoms with Crippen LogP contribution in [-0.2, 0) is 6.42 Å². The molecule has 28 heavy (non-hydrogen) atoms. The number of carbonyl (C=O) groups is 1. The molecule has 0 spiro atoms. The summed E-state index contributed by atoms with van der Waals surface area (Å²) >= 11 is 0. The average molecular weight is 396 g/mol. The summed E-state index contributed by atoms with van der Waals surface area (Å²) in [5.41, 5.74) is 2.26. The number of nitrogens with zero attached hydrogens (tertiary/aromatic N) is 1. The largest absolute Gasteiger partial charge is 0.543 e. The van der Waals surface area contributed by atoms with E-state index in [4.69, 9.17) is 14.4 Å². The van der Waals surface area contributed by atoms with E-state index in [1.165, 1.54) is 0 Å². The third kappa shape index (κ3) is 5.46. The van der Waals surface area contributed by atoms with Crippen molar-refractivity contribution < 1.29 is 14.0 Å². The van der Waals surface area contributed by atoms with Gasteiger partial charge in [0.2, 0.25) is 0 Å². The highest BCUT2D eigenvalue weighted by molar-refractivity contribution is 6.74. The highest BCUT2D eigenvalue weighted by Crippen LogP contribution is 2.38. The van der Waals surface area contributed by atoms with Crippen molar-refractivity contribution in [3.63, 3.8) is 0 Å². The van der Waals surface area contributed by atoms with Crippen molar-refractivity contribution in [2.24, 2.45) is 0 Å². The second-order valence-electron chi connectivity index (χ2n) is 8.48. The van der Waals surface area contributed by atoms with Gasteiger partial charge in [0.1, 0.15) is 11.5 Å². The van der Waals surface area contributed by atoms with Crippen molar-refractivity contribution in [1.82, 2.24) is 0 Å². The Kier molecular flexibility index (Phi) is 6.68. The standard InChI is InChI=1S/C23H29NO3Si/c1-17(25)21-15-18(9-12-22(21)27-28(5,6)23(2,3)4)13-14-26-20-10-7-19(16-24)8-11-20/h7-12,15H,13-14H2,1-6H3. The van der Waals surface area contributed by atoms with Gasteiger partial charge in [-0.25, -0.2) is 0 Å². The van der Waals surface area contributed by atoms with Gasteiger partial charge in [0, 0.05) is 6.42 Å².